The first kappa shape index (κ1) is 20.6. The quantitative estimate of drug-likeness (QED) is 0.713. The summed E-state index contributed by atoms with van der Waals surface area (Å²) >= 11 is 0. The van der Waals surface area contributed by atoms with Crippen molar-refractivity contribution in [2.45, 2.75) is 53.5 Å². The van der Waals surface area contributed by atoms with Crippen LogP contribution in [-0.2, 0) is 0 Å². The number of hydrogen-bond acceptors (Lipinski definition) is 5. The number of nitrogens with one attached hydrogen (secondary N) is 1. The molecule has 1 heterocycles. The van der Waals surface area contributed by atoms with Crippen molar-refractivity contribution in [1.29, 1.82) is 0 Å². The molecule has 2 aromatic rings. The van der Waals surface area contributed by atoms with Crippen LogP contribution < -0.4 is 20.5 Å². The summed E-state index contributed by atoms with van der Waals surface area (Å²) in [6.45, 7) is 9.91. The molecular weight excluding hydrogens is 342 g/mol. The van der Waals surface area contributed by atoms with Crippen LogP contribution in [0.25, 0.3) is 0 Å². The van der Waals surface area contributed by atoms with Crippen molar-refractivity contribution < 1.29 is 14.3 Å². The number of aromatic nitrogens is 1. The average Bonchev–Trinajstić information content (AvgIpc) is 2.61. The van der Waals surface area contributed by atoms with E-state index in [1.807, 2.05) is 39.0 Å². The van der Waals surface area contributed by atoms with Crippen LogP contribution in [0, 0.1) is 20.8 Å². The largest absolute Gasteiger partial charge is 0.497 e. The Morgan fingerprint density at radius 1 is 1.15 bits per heavy atom. The van der Waals surface area contributed by atoms with Crippen LogP contribution in [0.2, 0.25) is 0 Å². The second kappa shape index (κ2) is 8.75. The maximum Gasteiger partial charge on any atom is 0.256 e. The highest BCUT2D eigenvalue weighted by Gasteiger charge is 2.21. The first-order chi connectivity index (χ1) is 12.8. The van der Waals surface area contributed by atoms with Gasteiger partial charge in [-0.05, 0) is 62.9 Å². The minimum absolute atomic E-state index is 0.215. The molecule has 146 valence electrons. The van der Waals surface area contributed by atoms with E-state index in [0.29, 0.717) is 11.4 Å². The molecule has 0 bridgehead atoms. The lowest BCUT2D eigenvalue weighted by molar-refractivity contribution is 0.0998. The number of methoxy groups -OCH3 is 1. The van der Waals surface area contributed by atoms with Crippen molar-refractivity contribution in [3.8, 4) is 17.4 Å². The fourth-order valence-corrected chi connectivity index (χ4v) is 3.07. The van der Waals surface area contributed by atoms with Gasteiger partial charge in [-0.25, -0.2) is 4.98 Å². The molecule has 0 radical (unpaired) electrons. The Morgan fingerprint density at radius 3 is 2.22 bits per heavy atom. The third-order valence-electron chi connectivity index (χ3n) is 4.57. The lowest BCUT2D eigenvalue weighted by atomic mass is 10.1. The van der Waals surface area contributed by atoms with Crippen LogP contribution in [0.3, 0.4) is 0 Å². The predicted molar refractivity (Wildman–Crippen MR) is 108 cm³/mol. The monoisotopic (exact) mass is 371 g/mol. The molecule has 27 heavy (non-hydrogen) atoms. The molecular formula is C21H29N3O3. The van der Waals surface area contributed by atoms with E-state index in [1.54, 1.807) is 7.11 Å². The summed E-state index contributed by atoms with van der Waals surface area (Å²) in [5.74, 6) is 1.03. The van der Waals surface area contributed by atoms with E-state index < -0.39 is 5.91 Å². The lowest BCUT2D eigenvalue weighted by Crippen LogP contribution is -2.22. The molecule has 2 rings (SSSR count). The normalized spacial score (nSPS) is 10.8. The molecule has 0 spiro atoms. The Balaban J connectivity index is 2.54. The van der Waals surface area contributed by atoms with Crippen molar-refractivity contribution in [1.82, 2.24) is 4.98 Å². The number of nitrogens with zero attached hydrogens (tertiary/aromatic N) is 1. The zero-order chi connectivity index (χ0) is 20.1. The number of aryl methyl sites for hydroxylation is 3. The third-order valence-corrected chi connectivity index (χ3v) is 4.57. The highest BCUT2D eigenvalue weighted by molar-refractivity contribution is 6.01. The predicted octanol–water partition coefficient (Wildman–Crippen LogP) is 4.51. The summed E-state index contributed by atoms with van der Waals surface area (Å²) < 4.78 is 11.4. The summed E-state index contributed by atoms with van der Waals surface area (Å²) in [4.78, 5) is 16.7. The second-order valence-corrected chi connectivity index (χ2v) is 6.71. The van der Waals surface area contributed by atoms with Gasteiger partial charge in [-0.2, -0.15) is 0 Å². The zero-order valence-electron chi connectivity index (χ0n) is 17.0. The van der Waals surface area contributed by atoms with E-state index >= 15 is 0 Å². The number of rotatable bonds is 8. The van der Waals surface area contributed by atoms with E-state index in [0.717, 1.165) is 35.4 Å². The highest BCUT2D eigenvalue weighted by Crippen LogP contribution is 2.35. The van der Waals surface area contributed by atoms with Gasteiger partial charge in [0.15, 0.2) is 0 Å². The summed E-state index contributed by atoms with van der Waals surface area (Å²) in [6, 6.07) is 5.83. The van der Waals surface area contributed by atoms with Gasteiger partial charge >= 0.3 is 0 Å². The molecule has 6 nitrogen and oxygen atoms in total. The van der Waals surface area contributed by atoms with Gasteiger partial charge in [0.05, 0.1) is 12.8 Å². The van der Waals surface area contributed by atoms with Crippen LogP contribution >= 0.6 is 0 Å². The third kappa shape index (κ3) is 4.70. The molecule has 0 unspecified atom stereocenters. The summed E-state index contributed by atoms with van der Waals surface area (Å²) in [7, 11) is 1.62. The topological polar surface area (TPSA) is 86.5 Å². The number of carbonyl (C=O) groups is 1. The lowest BCUT2D eigenvalue weighted by Gasteiger charge is -2.21. The first-order valence-corrected chi connectivity index (χ1v) is 9.21. The summed E-state index contributed by atoms with van der Waals surface area (Å²) in [5, 5.41) is 3.40. The molecule has 0 saturated carbocycles. The van der Waals surface area contributed by atoms with E-state index in [-0.39, 0.29) is 17.5 Å². The number of nitrogens with two attached hydrogens (primary N) is 1. The number of ether oxygens (including phenoxy) is 2. The van der Waals surface area contributed by atoms with E-state index in [1.165, 1.54) is 0 Å². The van der Waals surface area contributed by atoms with Crippen LogP contribution in [0.15, 0.2) is 18.2 Å². The number of anilines is 1. The maximum absolute atomic E-state index is 12.2. The fourth-order valence-electron chi connectivity index (χ4n) is 3.07. The molecule has 0 aliphatic rings. The molecule has 3 N–H and O–H groups in total. The van der Waals surface area contributed by atoms with E-state index in [2.05, 4.69) is 24.1 Å². The number of hydrogen-bond donors (Lipinski definition) is 2. The van der Waals surface area contributed by atoms with Crippen molar-refractivity contribution in [2.75, 3.05) is 12.4 Å². The smallest absolute Gasteiger partial charge is 0.256 e. The summed E-state index contributed by atoms with van der Waals surface area (Å²) in [6.07, 6.45) is 1.87. The van der Waals surface area contributed by atoms with Gasteiger partial charge in [-0.15, -0.1) is 0 Å². The molecule has 0 aliphatic heterocycles. The number of pyridine rings is 1. The van der Waals surface area contributed by atoms with Crippen LogP contribution in [-0.4, -0.2) is 24.0 Å². The maximum atomic E-state index is 12.2. The van der Waals surface area contributed by atoms with Crippen LogP contribution in [0.5, 0.6) is 17.4 Å². The van der Waals surface area contributed by atoms with Crippen molar-refractivity contribution in [3.05, 3.63) is 40.6 Å². The number of carbonyl (C=O) groups excluding carboxylic acids is 1. The van der Waals surface area contributed by atoms with Gasteiger partial charge in [-0.1, -0.05) is 13.8 Å². The summed E-state index contributed by atoms with van der Waals surface area (Å²) in [5.41, 5.74) is 9.12. The highest BCUT2D eigenvalue weighted by atomic mass is 16.5. The van der Waals surface area contributed by atoms with Crippen molar-refractivity contribution in [3.63, 3.8) is 0 Å². The Labute approximate surface area is 161 Å². The first-order valence-electron chi connectivity index (χ1n) is 9.21. The standard InChI is InChI=1S/C21H29N3O3/c1-7-15(8-2)24-17-11-14(5)23-21(18(17)20(22)25)27-19-12(3)9-16(26-6)10-13(19)4/h9-11,15H,7-8H2,1-6H3,(H2,22,25)(H,23,24). The Bertz CT molecular complexity index is 807. The molecule has 0 fully saturated rings. The molecule has 0 aliphatic carbocycles. The molecule has 0 saturated heterocycles. The average molecular weight is 371 g/mol. The molecule has 0 atom stereocenters. The van der Waals surface area contributed by atoms with Crippen LogP contribution in [0.4, 0.5) is 5.69 Å². The Hall–Kier alpha value is -2.76. The molecule has 1 aromatic heterocycles. The van der Waals surface area contributed by atoms with Gasteiger partial charge in [0, 0.05) is 11.7 Å². The fraction of sp³-hybridized carbons (Fsp3) is 0.429. The van der Waals surface area contributed by atoms with Gasteiger partial charge in [-0.3, -0.25) is 4.79 Å². The SMILES string of the molecule is CCC(CC)Nc1cc(C)nc(Oc2c(C)cc(OC)cc2C)c1C(N)=O. The van der Waals surface area contributed by atoms with Gasteiger partial charge < -0.3 is 20.5 Å². The number of amides is 1. The van der Waals surface area contributed by atoms with Gasteiger partial charge in [0.1, 0.15) is 17.1 Å². The minimum Gasteiger partial charge on any atom is -0.497 e. The Kier molecular flexibility index (Phi) is 6.66. The van der Waals surface area contributed by atoms with Crippen molar-refractivity contribution >= 4 is 11.6 Å². The van der Waals surface area contributed by atoms with Crippen molar-refractivity contribution in [2.24, 2.45) is 5.73 Å². The van der Waals surface area contributed by atoms with Gasteiger partial charge in [0.2, 0.25) is 5.88 Å². The minimum atomic E-state index is -0.574. The zero-order valence-corrected chi connectivity index (χ0v) is 17.0. The van der Waals surface area contributed by atoms with Gasteiger partial charge in [0.25, 0.3) is 5.91 Å². The molecule has 1 aromatic carbocycles. The number of benzene rings is 1. The second-order valence-electron chi connectivity index (χ2n) is 6.71. The molecule has 6 heteroatoms. The Morgan fingerprint density at radius 2 is 1.74 bits per heavy atom. The van der Waals surface area contributed by atoms with E-state index in [4.69, 9.17) is 15.2 Å². The molecule has 1 amide bonds. The van der Waals surface area contributed by atoms with Crippen LogP contribution in [0.1, 0.15) is 53.9 Å². The van der Waals surface area contributed by atoms with E-state index in [9.17, 15) is 4.79 Å². The number of primary amides is 1.